The number of aromatic hydroxyl groups is 4. The number of phenolic OH excluding ortho intramolecular Hbond substituents is 4. The summed E-state index contributed by atoms with van der Waals surface area (Å²) in [5.74, 6) is -0.455. The summed E-state index contributed by atoms with van der Waals surface area (Å²) in [6, 6.07) is 27.9. The Balaban J connectivity index is 1.48. The zero-order chi connectivity index (χ0) is 47.4. The van der Waals surface area contributed by atoms with Crippen LogP contribution in [-0.4, -0.2) is 56.7 Å². The first-order valence-corrected chi connectivity index (χ1v) is 22.3. The minimum Gasteiger partial charge on any atom is -0.504 e. The van der Waals surface area contributed by atoms with Crippen LogP contribution < -0.4 is 29.6 Å². The molecule has 2 amide bonds. The van der Waals surface area contributed by atoms with Crippen LogP contribution in [0.4, 0.5) is 11.4 Å². The van der Waals surface area contributed by atoms with Gasteiger partial charge in [-0.05, 0) is 126 Å². The molecule has 0 atom stereocenters. The van der Waals surface area contributed by atoms with Gasteiger partial charge in [-0.25, -0.2) is 0 Å². The number of hydrogen-bond acceptors (Lipinski definition) is 10. The monoisotopic (exact) mass is 894 g/mol. The fourth-order valence-electron chi connectivity index (χ4n) is 8.21. The predicted octanol–water partition coefficient (Wildman–Crippen LogP) is 10.8. The van der Waals surface area contributed by atoms with Gasteiger partial charge in [-0.1, -0.05) is 48.5 Å². The van der Waals surface area contributed by atoms with E-state index in [1.54, 1.807) is 0 Å². The number of nitrogens with one attached hydrogen (secondary N) is 2. The van der Waals surface area contributed by atoms with Crippen LogP contribution in [-0.2, 0) is 25.7 Å². The number of carbonyl (C=O) groups excluding carboxylic acids is 2. The van der Waals surface area contributed by atoms with Gasteiger partial charge in [-0.15, -0.1) is 0 Å². The summed E-state index contributed by atoms with van der Waals surface area (Å²) in [5.41, 5.74) is 7.21. The van der Waals surface area contributed by atoms with Crippen LogP contribution in [0.15, 0.2) is 97.1 Å². The zero-order valence-electron chi connectivity index (χ0n) is 38.6. The summed E-state index contributed by atoms with van der Waals surface area (Å²) in [5, 5.41) is 47.7. The van der Waals surface area contributed by atoms with E-state index in [1.807, 2.05) is 116 Å². The SMILES string of the molecule is CC(C)Oc1c2cccc1Cc1cc(NC(=O)c3cccc(O)c3O)cc(c1OC(C)C)Cc1cccc(c1OC(C)C)Cc1cc(NC(=O)c3cccc(O)c3O)cc(c1OC(C)C)C2. The highest BCUT2D eigenvalue weighted by atomic mass is 16.5. The minimum atomic E-state index is -0.605. The fraction of sp³-hybridized carbons (Fsp3) is 0.296. The van der Waals surface area contributed by atoms with E-state index < -0.39 is 34.8 Å². The Morgan fingerprint density at radius 1 is 0.409 bits per heavy atom. The van der Waals surface area contributed by atoms with Gasteiger partial charge in [0.1, 0.15) is 23.0 Å². The molecule has 0 aliphatic heterocycles. The Morgan fingerprint density at radius 3 is 0.939 bits per heavy atom. The molecular formula is C54H58N2O10. The summed E-state index contributed by atoms with van der Waals surface area (Å²) in [4.78, 5) is 27.6. The molecule has 0 aromatic heterocycles. The molecule has 1 aliphatic rings. The van der Waals surface area contributed by atoms with Crippen molar-refractivity contribution in [1.29, 1.82) is 0 Å². The zero-order valence-corrected chi connectivity index (χ0v) is 38.6. The third-order valence-electron chi connectivity index (χ3n) is 10.8. The maximum atomic E-state index is 13.8. The molecule has 6 aromatic carbocycles. The van der Waals surface area contributed by atoms with Crippen molar-refractivity contribution in [3.8, 4) is 46.0 Å². The molecule has 0 spiro atoms. The van der Waals surface area contributed by atoms with Crippen molar-refractivity contribution < 1.29 is 49.0 Å². The summed E-state index contributed by atoms with van der Waals surface area (Å²) < 4.78 is 26.8. The van der Waals surface area contributed by atoms with E-state index in [9.17, 15) is 30.0 Å². The number of rotatable bonds is 12. The summed E-state index contributed by atoms with van der Waals surface area (Å²) in [6.07, 6.45) is 0.427. The molecule has 12 heteroatoms. The molecule has 8 bridgehead atoms. The molecule has 0 saturated heterocycles. The van der Waals surface area contributed by atoms with Gasteiger partial charge in [0.15, 0.2) is 23.0 Å². The molecule has 12 nitrogen and oxygen atoms in total. The second-order valence-corrected chi connectivity index (χ2v) is 17.7. The van der Waals surface area contributed by atoms with Crippen LogP contribution >= 0.6 is 0 Å². The Hall–Kier alpha value is -7.34. The van der Waals surface area contributed by atoms with E-state index >= 15 is 0 Å². The number of amides is 2. The van der Waals surface area contributed by atoms with Crippen LogP contribution in [0.2, 0.25) is 0 Å². The highest BCUT2D eigenvalue weighted by Gasteiger charge is 2.26. The lowest BCUT2D eigenvalue weighted by atomic mass is 9.90. The van der Waals surface area contributed by atoms with Crippen LogP contribution in [0.25, 0.3) is 0 Å². The molecule has 0 fully saturated rings. The van der Waals surface area contributed by atoms with Crippen molar-refractivity contribution in [2.75, 3.05) is 10.6 Å². The smallest absolute Gasteiger partial charge is 0.259 e. The highest BCUT2D eigenvalue weighted by molar-refractivity contribution is 6.07. The largest absolute Gasteiger partial charge is 0.504 e. The summed E-state index contributed by atoms with van der Waals surface area (Å²) in [7, 11) is 0. The van der Waals surface area contributed by atoms with Crippen molar-refractivity contribution in [1.82, 2.24) is 0 Å². The standard InChI is InChI=1S/C54H58N2O10/c1-29(2)63-49-33-13-9-14-34(49)22-38-26-42(56-54(62)44-18-12-20-46(58)48(44)60)28-40(52(38)66-32(7)8)24-36-16-10-15-35(50(36)64-30(3)4)23-39-27-41(25-37(21-33)51(39)65-31(5)6)55-53(61)43-17-11-19-45(57)47(43)59/h9-20,25-32,57-60H,21-24H2,1-8H3,(H,55,61)(H,56,62). The van der Waals surface area contributed by atoms with Crippen molar-refractivity contribution in [3.63, 3.8) is 0 Å². The first-order valence-electron chi connectivity index (χ1n) is 22.3. The summed E-state index contributed by atoms with van der Waals surface area (Å²) in [6.45, 7) is 15.7. The van der Waals surface area contributed by atoms with Gasteiger partial charge in [0.25, 0.3) is 11.8 Å². The van der Waals surface area contributed by atoms with E-state index in [4.69, 9.17) is 18.9 Å². The van der Waals surface area contributed by atoms with Gasteiger partial charge in [0.05, 0.1) is 35.5 Å². The number of fused-ring (bicyclic) bond motifs is 8. The third-order valence-corrected chi connectivity index (χ3v) is 10.8. The quantitative estimate of drug-likeness (QED) is 0.0647. The molecule has 1 aliphatic carbocycles. The van der Waals surface area contributed by atoms with Gasteiger partial charge < -0.3 is 50.0 Å². The molecule has 6 aromatic rings. The van der Waals surface area contributed by atoms with Crippen molar-refractivity contribution >= 4 is 23.2 Å². The number of hydrogen-bond donors (Lipinski definition) is 6. The molecular weight excluding hydrogens is 837 g/mol. The number of para-hydroxylation sites is 4. The molecule has 0 unspecified atom stereocenters. The molecule has 6 N–H and O–H groups in total. The lowest BCUT2D eigenvalue weighted by Gasteiger charge is -2.26. The third kappa shape index (κ3) is 10.6. The molecule has 0 saturated carbocycles. The van der Waals surface area contributed by atoms with Crippen LogP contribution in [0.1, 0.15) is 121 Å². The lowest BCUT2D eigenvalue weighted by molar-refractivity contribution is 0.101. The first-order chi connectivity index (χ1) is 31.4. The lowest BCUT2D eigenvalue weighted by Crippen LogP contribution is -2.17. The summed E-state index contributed by atoms with van der Waals surface area (Å²) >= 11 is 0. The Labute approximate surface area is 385 Å². The topological polar surface area (TPSA) is 176 Å². The van der Waals surface area contributed by atoms with Crippen molar-refractivity contribution in [3.05, 3.63) is 153 Å². The van der Waals surface area contributed by atoms with E-state index in [0.29, 0.717) is 60.1 Å². The predicted molar refractivity (Wildman–Crippen MR) is 255 cm³/mol. The van der Waals surface area contributed by atoms with E-state index in [0.717, 1.165) is 44.5 Å². The van der Waals surface area contributed by atoms with E-state index in [1.165, 1.54) is 36.4 Å². The van der Waals surface area contributed by atoms with Crippen LogP contribution in [0.5, 0.6) is 46.0 Å². The molecule has 0 radical (unpaired) electrons. The van der Waals surface area contributed by atoms with Crippen LogP contribution in [0.3, 0.4) is 0 Å². The fourth-order valence-corrected chi connectivity index (χ4v) is 8.21. The van der Waals surface area contributed by atoms with Gasteiger partial charge in [-0.3, -0.25) is 9.59 Å². The number of carbonyl (C=O) groups is 2. The number of benzene rings is 6. The Morgan fingerprint density at radius 2 is 0.667 bits per heavy atom. The van der Waals surface area contributed by atoms with Gasteiger partial charge in [0, 0.05) is 59.3 Å². The normalized spacial score (nSPS) is 12.3. The Bertz CT molecular complexity index is 2500. The second kappa shape index (κ2) is 19.8. The molecule has 7 rings (SSSR count). The number of phenols is 4. The average molecular weight is 895 g/mol. The van der Waals surface area contributed by atoms with E-state index in [2.05, 4.69) is 10.6 Å². The van der Waals surface area contributed by atoms with Gasteiger partial charge in [-0.2, -0.15) is 0 Å². The number of ether oxygens (including phenoxy) is 4. The molecule has 344 valence electrons. The highest BCUT2D eigenvalue weighted by Crippen LogP contribution is 2.42. The van der Waals surface area contributed by atoms with Gasteiger partial charge >= 0.3 is 0 Å². The first kappa shape index (κ1) is 46.6. The van der Waals surface area contributed by atoms with Crippen LogP contribution in [0, 0.1) is 0 Å². The second-order valence-electron chi connectivity index (χ2n) is 17.7. The molecule has 0 heterocycles. The maximum absolute atomic E-state index is 13.8. The van der Waals surface area contributed by atoms with Crippen molar-refractivity contribution in [2.45, 2.75) is 105 Å². The Kier molecular flexibility index (Phi) is 14.0. The maximum Gasteiger partial charge on any atom is 0.259 e. The minimum absolute atomic E-state index is 0.0834. The van der Waals surface area contributed by atoms with E-state index in [-0.39, 0.29) is 35.5 Å². The number of anilines is 2. The van der Waals surface area contributed by atoms with Crippen molar-refractivity contribution in [2.24, 2.45) is 0 Å². The van der Waals surface area contributed by atoms with Gasteiger partial charge in [0.2, 0.25) is 0 Å². The average Bonchev–Trinajstić information content (AvgIpc) is 3.23. The molecule has 66 heavy (non-hydrogen) atoms.